The van der Waals surface area contributed by atoms with Gasteiger partial charge in [0.15, 0.2) is 10.9 Å². The summed E-state index contributed by atoms with van der Waals surface area (Å²) >= 11 is 6.00. The lowest BCUT2D eigenvalue weighted by Gasteiger charge is -2.21. The van der Waals surface area contributed by atoms with E-state index in [4.69, 9.17) is 21.1 Å². The van der Waals surface area contributed by atoms with Gasteiger partial charge in [-0.3, -0.25) is 9.69 Å². The Morgan fingerprint density at radius 1 is 1.62 bits per heavy atom. The second-order valence-electron chi connectivity index (χ2n) is 4.91. The van der Waals surface area contributed by atoms with E-state index < -0.39 is 0 Å². The molecule has 1 fully saturated rings. The van der Waals surface area contributed by atoms with Crippen molar-refractivity contribution in [1.29, 1.82) is 0 Å². The molecule has 0 saturated carbocycles. The smallest absolute Gasteiger partial charge is 0.323 e. The minimum absolute atomic E-state index is 0.104. The van der Waals surface area contributed by atoms with E-state index in [2.05, 4.69) is 15.2 Å². The molecule has 6 nitrogen and oxygen atoms in total. The largest absolute Gasteiger partial charge is 0.486 e. The average molecular weight is 314 g/mol. The molecule has 1 aromatic rings. The summed E-state index contributed by atoms with van der Waals surface area (Å²) < 4.78 is 10.7. The van der Waals surface area contributed by atoms with Gasteiger partial charge in [0.1, 0.15) is 12.1 Å². The summed E-state index contributed by atoms with van der Waals surface area (Å²) in [5.74, 6) is 0.317. The number of methoxy groups -OCH3 is 1. The number of nitrogens with zero attached hydrogens (tertiary/aromatic N) is 2. The van der Waals surface area contributed by atoms with Crippen molar-refractivity contribution in [3.05, 3.63) is 23.5 Å². The monoisotopic (exact) mass is 313 g/mol. The van der Waals surface area contributed by atoms with E-state index in [1.54, 1.807) is 18.3 Å². The lowest BCUT2D eigenvalue weighted by atomic mass is 10.2. The molecule has 7 heteroatoms. The molecule has 0 bridgehead atoms. The number of hydrogen-bond acceptors (Lipinski definition) is 6. The number of esters is 1. The number of halogens is 1. The molecule has 2 rings (SSSR count). The molecule has 2 heterocycles. The van der Waals surface area contributed by atoms with Crippen LogP contribution in [0.3, 0.4) is 0 Å². The molecule has 0 unspecified atom stereocenters. The molecule has 0 amide bonds. The Hall–Kier alpha value is -1.37. The fraction of sp³-hybridized carbons (Fsp3) is 0.571. The van der Waals surface area contributed by atoms with Gasteiger partial charge in [0, 0.05) is 32.3 Å². The summed E-state index contributed by atoms with van der Waals surface area (Å²) in [5, 5.41) is 3.41. The van der Waals surface area contributed by atoms with Gasteiger partial charge in [-0.25, -0.2) is 4.98 Å². The van der Waals surface area contributed by atoms with E-state index in [9.17, 15) is 4.79 Å². The molecule has 0 aliphatic carbocycles. The molecular formula is C14H20ClN3O3. The van der Waals surface area contributed by atoms with Crippen LogP contribution in [0, 0.1) is 0 Å². The highest BCUT2D eigenvalue weighted by atomic mass is 35.5. The van der Waals surface area contributed by atoms with Gasteiger partial charge in [-0.2, -0.15) is 0 Å². The molecule has 1 N–H and O–H groups in total. The first-order valence-corrected chi connectivity index (χ1v) is 7.27. The first-order chi connectivity index (χ1) is 10.2. The Balaban J connectivity index is 2.02. The van der Waals surface area contributed by atoms with Gasteiger partial charge in [-0.15, -0.1) is 0 Å². The second kappa shape index (κ2) is 7.59. The van der Waals surface area contributed by atoms with Gasteiger partial charge in [-0.1, -0.05) is 11.6 Å². The van der Waals surface area contributed by atoms with Gasteiger partial charge in [-0.05, 0) is 19.2 Å². The molecule has 0 spiro atoms. The maximum absolute atomic E-state index is 11.9. The van der Waals surface area contributed by atoms with E-state index in [0.717, 1.165) is 13.1 Å². The number of pyridine rings is 1. The quantitative estimate of drug-likeness (QED) is 0.623. The Morgan fingerprint density at radius 2 is 2.43 bits per heavy atom. The van der Waals surface area contributed by atoms with Crippen LogP contribution < -0.4 is 10.1 Å². The number of ether oxygens (including phenoxy) is 2. The maximum atomic E-state index is 11.9. The van der Waals surface area contributed by atoms with Crippen LogP contribution in [0.15, 0.2) is 18.3 Å². The zero-order valence-corrected chi connectivity index (χ0v) is 13.0. The van der Waals surface area contributed by atoms with Gasteiger partial charge < -0.3 is 14.8 Å². The van der Waals surface area contributed by atoms with Gasteiger partial charge in [0.25, 0.3) is 0 Å². The van der Waals surface area contributed by atoms with Gasteiger partial charge >= 0.3 is 5.97 Å². The number of likely N-dealkylation sites (tertiary alicyclic amines) is 1. The third kappa shape index (κ3) is 4.06. The van der Waals surface area contributed by atoms with Crippen molar-refractivity contribution >= 4 is 17.6 Å². The maximum Gasteiger partial charge on any atom is 0.323 e. The number of likely N-dealkylation sites (N-methyl/N-ethyl adjacent to an activating group) is 1. The van der Waals surface area contributed by atoms with Crippen molar-refractivity contribution < 1.29 is 14.3 Å². The molecule has 1 aliphatic rings. The predicted octanol–water partition coefficient (Wildman–Crippen LogP) is 0.949. The SMILES string of the molecule is CNCCN1C[C@H](Oc2cccnc2Cl)C[C@@H]1C(=O)OC. The molecule has 2 atom stereocenters. The van der Waals surface area contributed by atoms with Gasteiger partial charge in [0.2, 0.25) is 0 Å². The van der Waals surface area contributed by atoms with Crippen LogP contribution in [-0.4, -0.2) is 61.8 Å². The summed E-state index contributed by atoms with van der Waals surface area (Å²) in [6.45, 7) is 2.22. The minimum atomic E-state index is -0.274. The minimum Gasteiger partial charge on any atom is -0.486 e. The van der Waals surface area contributed by atoms with Crippen molar-refractivity contribution in [2.75, 3.05) is 33.8 Å². The number of aromatic nitrogens is 1. The van der Waals surface area contributed by atoms with E-state index in [1.807, 2.05) is 7.05 Å². The van der Waals surface area contributed by atoms with Crippen molar-refractivity contribution in [2.45, 2.75) is 18.6 Å². The summed E-state index contributed by atoms with van der Waals surface area (Å²) in [4.78, 5) is 17.9. The van der Waals surface area contributed by atoms with Crippen LogP contribution in [0.2, 0.25) is 5.15 Å². The predicted molar refractivity (Wildman–Crippen MR) is 79.6 cm³/mol. The van der Waals surface area contributed by atoms with Crippen molar-refractivity contribution in [2.24, 2.45) is 0 Å². The van der Waals surface area contributed by atoms with Crippen molar-refractivity contribution in [3.63, 3.8) is 0 Å². The van der Waals surface area contributed by atoms with E-state index in [1.165, 1.54) is 7.11 Å². The fourth-order valence-electron chi connectivity index (χ4n) is 2.47. The Bertz CT molecular complexity index is 486. The van der Waals surface area contributed by atoms with Gasteiger partial charge in [0.05, 0.1) is 7.11 Å². The third-order valence-corrected chi connectivity index (χ3v) is 3.79. The summed E-state index contributed by atoms with van der Waals surface area (Å²) in [7, 11) is 3.29. The Kier molecular flexibility index (Phi) is 5.78. The number of carbonyl (C=O) groups excluding carboxylic acids is 1. The first-order valence-electron chi connectivity index (χ1n) is 6.89. The summed E-state index contributed by atoms with van der Waals surface area (Å²) in [6.07, 6.45) is 2.09. The van der Waals surface area contributed by atoms with Crippen LogP contribution in [0.25, 0.3) is 0 Å². The lowest BCUT2D eigenvalue weighted by Crippen LogP contribution is -2.40. The van der Waals surface area contributed by atoms with Crippen LogP contribution in [0.5, 0.6) is 5.75 Å². The fourth-order valence-corrected chi connectivity index (χ4v) is 2.63. The van der Waals surface area contributed by atoms with Crippen molar-refractivity contribution in [1.82, 2.24) is 15.2 Å². The highest BCUT2D eigenvalue weighted by molar-refractivity contribution is 6.30. The first kappa shape index (κ1) is 16.0. The molecule has 21 heavy (non-hydrogen) atoms. The van der Waals surface area contributed by atoms with Crippen LogP contribution in [0.1, 0.15) is 6.42 Å². The number of carbonyl (C=O) groups is 1. The lowest BCUT2D eigenvalue weighted by molar-refractivity contribution is -0.145. The highest BCUT2D eigenvalue weighted by Gasteiger charge is 2.38. The highest BCUT2D eigenvalue weighted by Crippen LogP contribution is 2.27. The van der Waals surface area contributed by atoms with Crippen molar-refractivity contribution in [3.8, 4) is 5.75 Å². The topological polar surface area (TPSA) is 63.7 Å². The van der Waals surface area contributed by atoms with Crippen LogP contribution in [0.4, 0.5) is 0 Å². The normalized spacial score (nSPS) is 22.2. The molecule has 116 valence electrons. The zero-order valence-electron chi connectivity index (χ0n) is 12.2. The molecule has 1 aliphatic heterocycles. The summed E-state index contributed by atoms with van der Waals surface area (Å²) in [6, 6.07) is 3.27. The molecule has 1 aromatic heterocycles. The Labute approximate surface area is 129 Å². The van der Waals surface area contributed by atoms with Crippen LogP contribution >= 0.6 is 11.6 Å². The number of nitrogens with one attached hydrogen (secondary N) is 1. The molecule has 0 aromatic carbocycles. The van der Waals surface area contributed by atoms with E-state index >= 15 is 0 Å². The molecular weight excluding hydrogens is 294 g/mol. The van der Waals surface area contributed by atoms with E-state index in [-0.39, 0.29) is 18.1 Å². The third-order valence-electron chi connectivity index (χ3n) is 3.51. The summed E-state index contributed by atoms with van der Waals surface area (Å²) in [5.41, 5.74) is 0. The Morgan fingerprint density at radius 3 is 3.10 bits per heavy atom. The van der Waals surface area contributed by atoms with Crippen LogP contribution in [-0.2, 0) is 9.53 Å². The zero-order chi connectivity index (χ0) is 15.2. The standard InChI is InChI=1S/C14H20ClN3O3/c1-16-6-7-18-9-10(8-11(18)14(19)20-2)21-12-4-3-5-17-13(12)15/h3-5,10-11,16H,6-9H2,1-2H3/t10-,11-/m1/s1. The second-order valence-corrected chi connectivity index (χ2v) is 5.26. The number of rotatable bonds is 6. The molecule has 0 radical (unpaired) electrons. The average Bonchev–Trinajstić information content (AvgIpc) is 2.89. The molecule has 1 saturated heterocycles. The van der Waals surface area contributed by atoms with E-state index in [0.29, 0.717) is 23.9 Å². The number of hydrogen-bond donors (Lipinski definition) is 1.